The van der Waals surface area contributed by atoms with Crippen molar-refractivity contribution >= 4 is 28.0 Å². The molecular formula is C29H42N6OS. The highest BCUT2D eigenvalue weighted by atomic mass is 32.2. The molecule has 0 amide bonds. The van der Waals surface area contributed by atoms with Crippen molar-refractivity contribution in [2.45, 2.75) is 69.7 Å². The summed E-state index contributed by atoms with van der Waals surface area (Å²) in [5, 5.41) is 4.48. The number of likely N-dealkylation sites (N-methyl/N-ethyl adjacent to an activating group) is 1. The first-order valence-corrected chi connectivity index (χ1v) is 15.3. The molecule has 1 aromatic carbocycles. The van der Waals surface area contributed by atoms with Crippen molar-refractivity contribution in [3.05, 3.63) is 36.7 Å². The third-order valence-electron chi connectivity index (χ3n) is 8.00. The molecule has 1 aliphatic carbocycles. The van der Waals surface area contributed by atoms with Crippen molar-refractivity contribution in [1.29, 1.82) is 0 Å². The molecule has 1 unspecified atom stereocenters. The summed E-state index contributed by atoms with van der Waals surface area (Å²) in [4.78, 5) is 12.8. The van der Waals surface area contributed by atoms with Crippen molar-refractivity contribution in [3.8, 4) is 11.1 Å². The van der Waals surface area contributed by atoms with Crippen molar-refractivity contribution < 1.29 is 4.21 Å². The van der Waals surface area contributed by atoms with Crippen LogP contribution in [0.25, 0.3) is 22.2 Å². The zero-order valence-corrected chi connectivity index (χ0v) is 23.3. The Bertz CT molecular complexity index is 1180. The number of rotatable bonds is 10. The molecule has 1 atom stereocenters. The largest absolute Gasteiger partial charge is 0.354 e. The van der Waals surface area contributed by atoms with Crippen molar-refractivity contribution in [3.63, 3.8) is 0 Å². The minimum absolute atomic E-state index is 0.711. The average Bonchev–Trinajstić information content (AvgIpc) is 3.30. The van der Waals surface area contributed by atoms with Crippen LogP contribution in [0.15, 0.2) is 41.6 Å². The maximum Gasteiger partial charge on any atom is 0.224 e. The fourth-order valence-electron chi connectivity index (χ4n) is 5.58. The van der Waals surface area contributed by atoms with Crippen LogP contribution in [-0.4, -0.2) is 67.7 Å². The highest BCUT2D eigenvalue weighted by Crippen LogP contribution is 2.33. The van der Waals surface area contributed by atoms with E-state index >= 15 is 0 Å². The van der Waals surface area contributed by atoms with E-state index in [9.17, 15) is 4.21 Å². The van der Waals surface area contributed by atoms with Gasteiger partial charge in [0.1, 0.15) is 16.6 Å². The number of hydrogen-bond donors (Lipinski definition) is 1. The Balaban J connectivity index is 1.39. The minimum Gasteiger partial charge on any atom is -0.354 e. The van der Waals surface area contributed by atoms with Crippen LogP contribution in [0.3, 0.4) is 0 Å². The van der Waals surface area contributed by atoms with Crippen LogP contribution >= 0.6 is 0 Å². The van der Waals surface area contributed by atoms with Gasteiger partial charge in [-0.05, 0) is 43.5 Å². The fraction of sp³-hybridized carbons (Fsp3) is 0.586. The van der Waals surface area contributed by atoms with Gasteiger partial charge in [-0.25, -0.2) is 13.5 Å². The lowest BCUT2D eigenvalue weighted by Crippen LogP contribution is -2.45. The molecule has 5 rings (SSSR count). The molecule has 3 heterocycles. The van der Waals surface area contributed by atoms with E-state index in [-0.39, 0.29) is 0 Å². The third kappa shape index (κ3) is 6.41. The van der Waals surface area contributed by atoms with Gasteiger partial charge in [-0.1, -0.05) is 57.6 Å². The Hall–Kier alpha value is -2.29. The summed E-state index contributed by atoms with van der Waals surface area (Å²) in [7, 11) is 1.00. The van der Waals surface area contributed by atoms with Gasteiger partial charge in [-0.15, -0.1) is 0 Å². The molecule has 1 saturated carbocycles. The number of nitrogens with one attached hydrogen (secondary N) is 1. The van der Waals surface area contributed by atoms with Gasteiger partial charge in [0.25, 0.3) is 0 Å². The van der Waals surface area contributed by atoms with E-state index in [1.54, 1.807) is 0 Å². The van der Waals surface area contributed by atoms with Gasteiger partial charge in [0.15, 0.2) is 0 Å². The number of benzene rings is 1. The number of hydrogen-bond acceptors (Lipinski definition) is 5. The smallest absolute Gasteiger partial charge is 0.224 e. The van der Waals surface area contributed by atoms with Gasteiger partial charge in [0, 0.05) is 62.6 Å². The second-order valence-corrected chi connectivity index (χ2v) is 12.2. The van der Waals surface area contributed by atoms with E-state index in [0.29, 0.717) is 5.95 Å². The second kappa shape index (κ2) is 12.5. The summed E-state index contributed by atoms with van der Waals surface area (Å²) in [6, 6.07) is 8.26. The SMILES string of the molecule is CCCCNc1ncc2c(-c3ccc(S(=O)N4CCN(C)CC4)cc3)cn(CCC3CCCCC3)c2n1. The van der Waals surface area contributed by atoms with E-state index < -0.39 is 11.0 Å². The molecule has 2 aromatic heterocycles. The van der Waals surface area contributed by atoms with E-state index in [1.165, 1.54) is 38.5 Å². The van der Waals surface area contributed by atoms with Crippen LogP contribution in [0.5, 0.6) is 0 Å². The van der Waals surface area contributed by atoms with Gasteiger partial charge in [-0.3, -0.25) is 0 Å². The van der Waals surface area contributed by atoms with Gasteiger partial charge in [0.2, 0.25) is 5.95 Å². The molecule has 37 heavy (non-hydrogen) atoms. The average molecular weight is 523 g/mol. The summed E-state index contributed by atoms with van der Waals surface area (Å²) in [5.41, 5.74) is 3.27. The zero-order valence-electron chi connectivity index (χ0n) is 22.5. The maximum atomic E-state index is 13.1. The molecule has 2 fully saturated rings. The van der Waals surface area contributed by atoms with Crippen molar-refractivity contribution in [2.24, 2.45) is 5.92 Å². The Morgan fingerprint density at radius 3 is 2.54 bits per heavy atom. The number of anilines is 1. The first-order chi connectivity index (χ1) is 18.1. The Kier molecular flexibility index (Phi) is 8.89. The lowest BCUT2D eigenvalue weighted by Gasteiger charge is -2.31. The van der Waals surface area contributed by atoms with Crippen LogP contribution in [0.2, 0.25) is 0 Å². The lowest BCUT2D eigenvalue weighted by molar-refractivity contribution is 0.228. The van der Waals surface area contributed by atoms with Gasteiger partial charge < -0.3 is 14.8 Å². The number of unbranched alkanes of at least 4 members (excludes halogenated alkanes) is 1. The topological polar surface area (TPSA) is 66.3 Å². The summed E-state index contributed by atoms with van der Waals surface area (Å²) >= 11 is 0. The summed E-state index contributed by atoms with van der Waals surface area (Å²) < 4.78 is 17.6. The zero-order chi connectivity index (χ0) is 25.6. The summed E-state index contributed by atoms with van der Waals surface area (Å²) in [5.74, 6) is 1.53. The molecule has 1 N–H and O–H groups in total. The van der Waals surface area contributed by atoms with Gasteiger partial charge in [0.05, 0.1) is 4.90 Å². The van der Waals surface area contributed by atoms with E-state index in [0.717, 1.165) is 85.1 Å². The number of nitrogens with zero attached hydrogens (tertiary/aromatic N) is 5. The molecule has 0 spiro atoms. The summed E-state index contributed by atoms with van der Waals surface area (Å²) in [6.45, 7) is 7.66. The van der Waals surface area contributed by atoms with Crippen LogP contribution in [-0.2, 0) is 17.5 Å². The Morgan fingerprint density at radius 1 is 1.05 bits per heavy atom. The molecule has 7 nitrogen and oxygen atoms in total. The first-order valence-electron chi connectivity index (χ1n) is 14.2. The number of aryl methyl sites for hydroxylation is 1. The van der Waals surface area contributed by atoms with Crippen LogP contribution in [0.4, 0.5) is 5.95 Å². The quantitative estimate of drug-likeness (QED) is 0.354. The molecule has 3 aromatic rings. The van der Waals surface area contributed by atoms with E-state index in [2.05, 4.69) is 56.4 Å². The second-order valence-electron chi connectivity index (χ2n) is 10.7. The van der Waals surface area contributed by atoms with Crippen LogP contribution in [0, 0.1) is 5.92 Å². The highest BCUT2D eigenvalue weighted by Gasteiger charge is 2.21. The predicted octanol–water partition coefficient (Wildman–Crippen LogP) is 5.55. The molecule has 0 radical (unpaired) electrons. The monoisotopic (exact) mass is 522 g/mol. The third-order valence-corrected chi connectivity index (χ3v) is 9.51. The van der Waals surface area contributed by atoms with Crippen molar-refractivity contribution in [2.75, 3.05) is 45.1 Å². The molecule has 1 aliphatic heterocycles. The Labute approximate surface area is 224 Å². The molecule has 1 saturated heterocycles. The fourth-order valence-corrected chi connectivity index (χ4v) is 6.74. The number of aromatic nitrogens is 3. The maximum absolute atomic E-state index is 13.1. The lowest BCUT2D eigenvalue weighted by atomic mass is 9.87. The van der Waals surface area contributed by atoms with Gasteiger partial charge >= 0.3 is 0 Å². The van der Waals surface area contributed by atoms with Crippen molar-refractivity contribution in [1.82, 2.24) is 23.7 Å². The number of fused-ring (bicyclic) bond motifs is 1. The van der Waals surface area contributed by atoms with Gasteiger partial charge in [-0.2, -0.15) is 4.98 Å². The molecule has 2 aliphatic rings. The Morgan fingerprint density at radius 2 is 1.81 bits per heavy atom. The minimum atomic E-state index is -1.12. The number of piperazine rings is 1. The predicted molar refractivity (Wildman–Crippen MR) is 153 cm³/mol. The standard InChI is InChI=1S/C29H42N6OS/c1-3-4-15-30-29-31-21-26-27(22-34(28(26)32-29)16-14-23-8-6-5-7-9-23)24-10-12-25(13-11-24)37(36)35-19-17-33(2)18-20-35/h10-13,21-23H,3-9,14-20H2,1-2H3,(H,30,31,32). The highest BCUT2D eigenvalue weighted by molar-refractivity contribution is 7.82. The summed E-state index contributed by atoms with van der Waals surface area (Å²) in [6.07, 6.45) is 14.5. The molecular weight excluding hydrogens is 480 g/mol. The molecule has 0 bridgehead atoms. The van der Waals surface area contributed by atoms with Crippen LogP contribution < -0.4 is 5.32 Å². The van der Waals surface area contributed by atoms with E-state index in [4.69, 9.17) is 4.98 Å². The molecule has 200 valence electrons. The van der Waals surface area contributed by atoms with Crippen LogP contribution in [0.1, 0.15) is 58.3 Å². The first kappa shape index (κ1) is 26.3. The van der Waals surface area contributed by atoms with E-state index in [1.807, 2.05) is 18.3 Å². The normalized spacial score (nSPS) is 18.9. The molecule has 8 heteroatoms.